The molecule has 5 fully saturated rings. The number of benzene rings is 3. The van der Waals surface area contributed by atoms with Crippen LogP contribution in [0, 0.1) is 51.8 Å². The first-order valence-corrected chi connectivity index (χ1v) is 33.4. The van der Waals surface area contributed by atoms with Crippen LogP contribution in [-0.4, -0.2) is 135 Å². The van der Waals surface area contributed by atoms with Crippen molar-refractivity contribution in [2.24, 2.45) is 54.5 Å². The van der Waals surface area contributed by atoms with Crippen LogP contribution < -0.4 is 11.5 Å². The van der Waals surface area contributed by atoms with Gasteiger partial charge in [-0.05, 0) is 217 Å². The first-order chi connectivity index (χ1) is 44.8. The van der Waals surface area contributed by atoms with Crippen LogP contribution in [0.3, 0.4) is 0 Å². The number of methoxy groups -OCH3 is 3. The van der Waals surface area contributed by atoms with Crippen molar-refractivity contribution in [2.75, 3.05) is 42.5 Å². The van der Waals surface area contributed by atoms with Gasteiger partial charge >= 0.3 is 6.18 Å². The average Bonchev–Trinajstić information content (AvgIpc) is 1.54. The topological polar surface area (TPSA) is 215 Å². The van der Waals surface area contributed by atoms with Gasteiger partial charge in [0.2, 0.25) is 6.26 Å². The number of likely N-dealkylation sites (N-methyl/N-ethyl adjacent to an activating group) is 3. The normalized spacial score (nSPS) is 32.5. The Morgan fingerprint density at radius 2 is 0.935 bits per heavy atom. The molecule has 3 aromatic rings. The fraction of sp³-hybridized carbons (Fsp3) is 0.581. The maximum Gasteiger partial charge on any atom is 0.446 e. The molecule has 19 heteroatoms. The van der Waals surface area contributed by atoms with Crippen molar-refractivity contribution in [3.63, 3.8) is 0 Å². The van der Waals surface area contributed by atoms with Crippen molar-refractivity contribution in [2.45, 2.75) is 203 Å². The lowest BCUT2D eigenvalue weighted by Gasteiger charge is -2.45. The summed E-state index contributed by atoms with van der Waals surface area (Å²) in [6.45, 7) is 5.95. The van der Waals surface area contributed by atoms with Crippen LogP contribution in [0.15, 0.2) is 75.7 Å². The van der Waals surface area contributed by atoms with E-state index in [-0.39, 0.29) is 52.3 Å². The minimum absolute atomic E-state index is 0.00641. The van der Waals surface area contributed by atoms with E-state index in [9.17, 15) is 32.7 Å². The minimum atomic E-state index is -4.97. The largest absolute Gasteiger partial charge is 0.446 e. The van der Waals surface area contributed by atoms with Gasteiger partial charge in [-0.2, -0.15) is 13.2 Å². The Kier molecular flexibility index (Phi) is 18.3. The van der Waals surface area contributed by atoms with E-state index in [1.165, 1.54) is 52.2 Å². The Labute approximate surface area is 547 Å². The molecule has 0 radical (unpaired) electrons. The number of amidine groups is 1. The van der Waals surface area contributed by atoms with Crippen molar-refractivity contribution >= 4 is 47.3 Å². The summed E-state index contributed by atoms with van der Waals surface area (Å²) < 4.78 is 54.2. The molecular formula is C74H91F3N8O8. The van der Waals surface area contributed by atoms with Gasteiger partial charge in [-0.25, -0.2) is 9.98 Å². The number of aliphatic imine (C=N–C) groups is 3. The molecule has 6 spiro atoms. The smallest absolute Gasteiger partial charge is 0.389 e. The second-order valence-electron chi connectivity index (χ2n) is 27.6. The maximum absolute atomic E-state index is 13.7. The molecule has 12 aliphatic rings. The second kappa shape index (κ2) is 25.9. The number of ether oxygens (including phenoxy) is 3. The summed E-state index contributed by atoms with van der Waals surface area (Å²) in [6, 6.07) is 19.3. The fourth-order valence-electron chi connectivity index (χ4n) is 17.0. The molecule has 3 heterocycles. The molecule has 93 heavy (non-hydrogen) atoms. The molecule has 5 saturated carbocycles. The van der Waals surface area contributed by atoms with Gasteiger partial charge < -0.3 is 35.7 Å². The average molecular weight is 1280 g/mol. The number of alkyl halides is 3. The van der Waals surface area contributed by atoms with Gasteiger partial charge in [0.1, 0.15) is 7.21 Å². The van der Waals surface area contributed by atoms with E-state index in [2.05, 4.69) is 78.3 Å². The lowest BCUT2D eigenvalue weighted by Crippen LogP contribution is -2.51. The van der Waals surface area contributed by atoms with Crippen molar-refractivity contribution in [1.29, 1.82) is 0 Å². The fourth-order valence-corrected chi connectivity index (χ4v) is 17.0. The Morgan fingerprint density at radius 1 is 0.581 bits per heavy atom. The number of nitrogens with zero attached hydrogens (tertiary/aromatic N) is 6. The van der Waals surface area contributed by atoms with E-state index in [0.717, 1.165) is 154 Å². The molecule has 3 aliphatic heterocycles. The molecular weight excluding hydrogens is 1190 g/mol. The SMILES string of the molecule is CC.COC1CCC2(CC1)Cc1ccc(C#CC3CC3)cc1C21N=C(C)N(C)C1=O.COC1CCC2(CC1)Cc1ccc(C#CC3CC3)cc1C21N=C(N)N(C)C1=O.COC1CCC2(CC1)Cc1ccc(C3=CC(O)CC3)cc1C21N=C(N)N(C)C1=O.[2H]C(=O)C(F)(F)F. The summed E-state index contributed by atoms with van der Waals surface area (Å²) in [6.07, 6.45) is 15.3. The number of aliphatic hydroxyl groups excluding tert-OH is 1. The number of carbonyl (C=O) groups is 4. The lowest BCUT2D eigenvalue weighted by atomic mass is 9.61. The Balaban J connectivity index is 0.000000135. The number of aldehydes is 1. The number of guanidine groups is 2. The summed E-state index contributed by atoms with van der Waals surface area (Å²) in [5.41, 5.74) is 20.1. The monoisotopic (exact) mass is 1280 g/mol. The summed E-state index contributed by atoms with van der Waals surface area (Å²) in [7, 11) is 10.7. The zero-order valence-electron chi connectivity index (χ0n) is 56.4. The highest BCUT2D eigenvalue weighted by Gasteiger charge is 2.69. The van der Waals surface area contributed by atoms with Gasteiger partial charge in [0.25, 0.3) is 17.7 Å². The van der Waals surface area contributed by atoms with Crippen molar-refractivity contribution in [1.82, 2.24) is 14.7 Å². The molecule has 5 N–H and O–H groups in total. The molecule has 496 valence electrons. The predicted molar refractivity (Wildman–Crippen MR) is 351 cm³/mol. The molecule has 0 saturated heterocycles. The number of aliphatic hydroxyl groups is 1. The van der Waals surface area contributed by atoms with Gasteiger partial charge in [0.15, 0.2) is 28.5 Å². The molecule has 16 nitrogen and oxygen atoms in total. The third-order valence-corrected chi connectivity index (χ3v) is 22.6. The standard InChI is InChI=1S/C24H28N2O2.C23H29N3O3.C23H27N3O2.C2HF3O.C2H6/c1-16-25-24(22(27)26(16)2)21-14-18(7-6-17-4-5-17)8-9-19(21)15-23(24)12-10-20(28-3)11-13-23;1-26-20(28)23(25-21(26)24)19-12-15(14-5-6-17(27)11-14)3-4-16(19)13-22(23)9-7-18(29-2)8-10-22;1-26-20(27)23(25-21(26)24)19-13-16(6-5-15-3-4-15)7-8-17(19)14-22(23)11-9-18(28-2)10-12-22;3-2(4,5)1-6;1-2/h8-9,14,17,20H,4-5,10-13,15H2,1-3H3;3-4,11-12,17-18,27H,5-10,13H2,1-2H3,(H2,24,25);7-8,13,15,18H,3-4,9-12,14H2,1-2H3,(H2,24,25);1H;1-2H3/i;;;1D;. The van der Waals surface area contributed by atoms with E-state index in [4.69, 9.17) is 46.8 Å². The molecule has 9 aliphatic carbocycles. The minimum Gasteiger partial charge on any atom is -0.389 e. The van der Waals surface area contributed by atoms with Crippen LogP contribution >= 0.6 is 0 Å². The van der Waals surface area contributed by atoms with Crippen LogP contribution in [0.25, 0.3) is 5.57 Å². The number of fused-ring (bicyclic) bond motifs is 9. The zero-order valence-corrected chi connectivity index (χ0v) is 55.4. The van der Waals surface area contributed by atoms with E-state index in [0.29, 0.717) is 29.9 Å². The van der Waals surface area contributed by atoms with E-state index in [1.54, 1.807) is 40.3 Å². The molecule has 0 aromatic heterocycles. The third kappa shape index (κ3) is 11.7. The number of amides is 3. The molecule has 15 rings (SSSR count). The first-order valence-electron chi connectivity index (χ1n) is 33.9. The van der Waals surface area contributed by atoms with E-state index < -0.39 is 29.1 Å². The van der Waals surface area contributed by atoms with Gasteiger partial charge in [-0.1, -0.05) is 67.9 Å². The highest BCUT2D eigenvalue weighted by molar-refractivity contribution is 6.10. The number of hydrogen-bond acceptors (Lipinski definition) is 13. The molecule has 4 unspecified atom stereocenters. The quantitative estimate of drug-likeness (QED) is 0.166. The third-order valence-electron chi connectivity index (χ3n) is 22.6. The second-order valence-corrected chi connectivity index (χ2v) is 27.6. The zero-order chi connectivity index (χ0) is 67.5. The van der Waals surface area contributed by atoms with Gasteiger partial charge in [0, 0.05) is 81.7 Å². The Bertz CT molecular complexity index is 3600. The maximum atomic E-state index is 13.7. The highest BCUT2D eigenvalue weighted by atomic mass is 19.4. The predicted octanol–water partition coefficient (Wildman–Crippen LogP) is 10.3. The van der Waals surface area contributed by atoms with Crippen LogP contribution in [0.5, 0.6) is 0 Å². The number of hydrogen-bond donors (Lipinski definition) is 3. The van der Waals surface area contributed by atoms with Crippen LogP contribution in [0.2, 0.25) is 0 Å². The number of halogens is 3. The number of rotatable bonds is 4. The van der Waals surface area contributed by atoms with E-state index >= 15 is 0 Å². The first kappa shape index (κ1) is 65.9. The molecule has 4 atom stereocenters. The van der Waals surface area contributed by atoms with Crippen LogP contribution in [0.4, 0.5) is 13.2 Å². The summed E-state index contributed by atoms with van der Waals surface area (Å²) in [5.74, 6) is 16.0. The Morgan fingerprint density at radius 3 is 1.24 bits per heavy atom. The summed E-state index contributed by atoms with van der Waals surface area (Å²) in [5, 5.41) is 9.93. The summed E-state index contributed by atoms with van der Waals surface area (Å²) in [4.78, 5) is 69.6. The molecule has 3 aromatic carbocycles. The van der Waals surface area contributed by atoms with Crippen molar-refractivity contribution in [3.8, 4) is 23.7 Å². The van der Waals surface area contributed by atoms with Crippen LogP contribution in [-0.2, 0) is 69.3 Å². The van der Waals surface area contributed by atoms with Gasteiger partial charge in [0.05, 0.1) is 24.4 Å². The summed E-state index contributed by atoms with van der Waals surface area (Å²) >= 11 is 0. The Hall–Kier alpha value is -7.16. The van der Waals surface area contributed by atoms with Crippen molar-refractivity contribution in [3.05, 3.63) is 111 Å². The van der Waals surface area contributed by atoms with Gasteiger partial charge in [-0.15, -0.1) is 0 Å². The number of allylic oxidation sites excluding steroid dienone is 1. The molecule has 3 amide bonds. The number of nitrogens with two attached hydrogens (primary N) is 2. The highest BCUT2D eigenvalue weighted by Crippen LogP contribution is 2.65. The van der Waals surface area contributed by atoms with Crippen LogP contribution in [0.1, 0.15) is 188 Å². The van der Waals surface area contributed by atoms with E-state index in [1.807, 2.05) is 33.9 Å². The lowest BCUT2D eigenvalue weighted by molar-refractivity contribution is -0.156. The number of carbonyl (C=O) groups excluding carboxylic acids is 4. The van der Waals surface area contributed by atoms with Crippen molar-refractivity contribution < 1.29 is 53.0 Å². The van der Waals surface area contributed by atoms with Gasteiger partial charge in [-0.3, -0.25) is 34.0 Å². The molecule has 0 bridgehead atoms.